The highest BCUT2D eigenvalue weighted by molar-refractivity contribution is 5.66. The van der Waals surface area contributed by atoms with E-state index in [1.165, 1.54) is 0 Å². The van der Waals surface area contributed by atoms with Gasteiger partial charge in [0.25, 0.3) is 0 Å². The lowest BCUT2D eigenvalue weighted by Gasteiger charge is -2.25. The number of hydrogen-bond acceptors (Lipinski definition) is 2. The average molecular weight is 349 g/mol. The van der Waals surface area contributed by atoms with Crippen LogP contribution >= 0.6 is 0 Å². The van der Waals surface area contributed by atoms with Crippen LogP contribution in [0.2, 0.25) is 0 Å². The normalized spacial score (nSPS) is 16.1. The Kier molecular flexibility index (Phi) is 4.73. The van der Waals surface area contributed by atoms with Gasteiger partial charge in [-0.15, -0.1) is 9.38 Å². The van der Waals surface area contributed by atoms with E-state index in [1.807, 2.05) is 4.74 Å². The van der Waals surface area contributed by atoms with Gasteiger partial charge in [-0.3, -0.25) is 0 Å². The van der Waals surface area contributed by atoms with Crippen LogP contribution < -0.4 is 0 Å². The van der Waals surface area contributed by atoms with Gasteiger partial charge >= 0.3 is 36.6 Å². The molecule has 21 heavy (non-hydrogen) atoms. The number of hydrogen-bond donors (Lipinski definition) is 0. The minimum absolute atomic E-state index is 0.490. The molecule has 15 heteroatoms. The van der Waals surface area contributed by atoms with E-state index < -0.39 is 36.6 Å². The Bertz CT molecular complexity index is 404. The van der Waals surface area contributed by atoms with Crippen molar-refractivity contribution in [3.05, 3.63) is 0 Å². The lowest BCUT2D eigenvalue weighted by atomic mass is 10.3. The maximum absolute atomic E-state index is 12.3. The summed E-state index contributed by atoms with van der Waals surface area (Å²) in [5.74, 6) is -7.05. The van der Waals surface area contributed by atoms with Crippen LogP contribution in [0.4, 0.5) is 57.1 Å². The SMILES string of the molecule is FC(=NC(F)(F)C(F)(F)C(F)(F)F)OC(F)(F)C(F)(F)F. The van der Waals surface area contributed by atoms with Gasteiger partial charge in [-0.05, 0) is 0 Å². The third-order valence-electron chi connectivity index (χ3n) is 1.50. The van der Waals surface area contributed by atoms with Crippen molar-refractivity contribution in [1.82, 2.24) is 0 Å². The van der Waals surface area contributed by atoms with Crippen LogP contribution in [0.15, 0.2) is 4.99 Å². The summed E-state index contributed by atoms with van der Waals surface area (Å²) in [5, 5.41) is 0. The van der Waals surface area contributed by atoms with Crippen molar-refractivity contribution in [3.8, 4) is 0 Å². The summed E-state index contributed by atoms with van der Waals surface area (Å²) in [4.78, 5) is 0.490. The van der Waals surface area contributed by atoms with E-state index in [0.29, 0.717) is 4.99 Å². The number of alkyl halides is 12. The first kappa shape index (κ1) is 19.6. The first-order chi connectivity index (χ1) is 8.85. The maximum Gasteiger partial charge on any atom is 0.501 e. The molecule has 0 aliphatic carbocycles. The zero-order chi connectivity index (χ0) is 17.5. The van der Waals surface area contributed by atoms with Crippen molar-refractivity contribution in [2.24, 2.45) is 4.99 Å². The van der Waals surface area contributed by atoms with Crippen molar-refractivity contribution in [2.75, 3.05) is 0 Å². The predicted octanol–water partition coefficient (Wildman–Crippen LogP) is 4.27. The van der Waals surface area contributed by atoms with Crippen LogP contribution in [0.5, 0.6) is 0 Å². The van der Waals surface area contributed by atoms with Gasteiger partial charge in [0.1, 0.15) is 0 Å². The molecule has 0 aliphatic heterocycles. The van der Waals surface area contributed by atoms with Crippen molar-refractivity contribution >= 4 is 6.15 Å². The minimum atomic E-state index is -7.05. The van der Waals surface area contributed by atoms with Gasteiger partial charge in [0.05, 0.1) is 0 Å². The fraction of sp³-hybridized carbons (Fsp3) is 0.833. The van der Waals surface area contributed by atoms with Crippen molar-refractivity contribution in [2.45, 2.75) is 30.4 Å². The van der Waals surface area contributed by atoms with E-state index in [2.05, 4.69) is 0 Å². The molecule has 0 heterocycles. The summed E-state index contributed by atoms with van der Waals surface area (Å²) < 4.78 is 156. The zero-order valence-electron chi connectivity index (χ0n) is 8.77. The Labute approximate surface area is 105 Å². The van der Waals surface area contributed by atoms with Crippen LogP contribution in [-0.4, -0.2) is 36.6 Å². The lowest BCUT2D eigenvalue weighted by molar-refractivity contribution is -0.371. The third kappa shape index (κ3) is 4.03. The largest absolute Gasteiger partial charge is 0.501 e. The highest BCUT2D eigenvalue weighted by Crippen LogP contribution is 2.47. The minimum Gasteiger partial charge on any atom is -0.384 e. The first-order valence-corrected chi connectivity index (χ1v) is 4.06. The van der Waals surface area contributed by atoms with Crippen LogP contribution in [0.3, 0.4) is 0 Å². The molecule has 0 saturated heterocycles. The van der Waals surface area contributed by atoms with Gasteiger partial charge in [0, 0.05) is 0 Å². The van der Waals surface area contributed by atoms with Crippen molar-refractivity contribution in [1.29, 1.82) is 0 Å². The number of aliphatic imine (C=N–C) groups is 1. The Hall–Kier alpha value is -1.44. The molecule has 0 bridgehead atoms. The van der Waals surface area contributed by atoms with E-state index >= 15 is 0 Å². The summed E-state index contributed by atoms with van der Waals surface area (Å²) in [7, 11) is 0. The monoisotopic (exact) mass is 349 g/mol. The molecular formula is C6F13NO. The fourth-order valence-electron chi connectivity index (χ4n) is 0.538. The van der Waals surface area contributed by atoms with Gasteiger partial charge in [-0.1, -0.05) is 0 Å². The van der Waals surface area contributed by atoms with Crippen molar-refractivity contribution < 1.29 is 61.8 Å². The van der Waals surface area contributed by atoms with Gasteiger partial charge in [-0.25, -0.2) is 0 Å². The smallest absolute Gasteiger partial charge is 0.384 e. The van der Waals surface area contributed by atoms with Crippen LogP contribution in [0.25, 0.3) is 0 Å². The quantitative estimate of drug-likeness (QED) is 0.323. The Balaban J connectivity index is 5.43. The predicted molar refractivity (Wildman–Crippen MR) is 36.6 cm³/mol. The van der Waals surface area contributed by atoms with Gasteiger partial charge in [-0.2, -0.15) is 52.7 Å². The van der Waals surface area contributed by atoms with Gasteiger partial charge < -0.3 is 4.74 Å². The molecule has 0 radical (unpaired) electrons. The molecule has 126 valence electrons. The second-order valence-corrected chi connectivity index (χ2v) is 3.09. The van der Waals surface area contributed by atoms with E-state index in [-0.39, 0.29) is 0 Å². The second-order valence-electron chi connectivity index (χ2n) is 3.09. The molecule has 0 spiro atoms. The molecule has 0 fully saturated rings. The summed E-state index contributed by atoms with van der Waals surface area (Å²) in [6.07, 6.45) is -24.1. The standard InChI is InChI=1S/C6F13NO/c7-1(21-6(18,19)4(13,14)15)20-5(16,17)2(8,9)3(10,11)12. The summed E-state index contributed by atoms with van der Waals surface area (Å²) in [6, 6.07) is -6.73. The number of nitrogens with zero attached hydrogens (tertiary/aromatic N) is 1. The molecule has 0 N–H and O–H groups in total. The van der Waals surface area contributed by atoms with Crippen LogP contribution in [0, 0.1) is 0 Å². The molecular weight excluding hydrogens is 349 g/mol. The molecule has 0 unspecified atom stereocenters. The van der Waals surface area contributed by atoms with E-state index in [0.717, 1.165) is 0 Å². The fourth-order valence-corrected chi connectivity index (χ4v) is 0.538. The topological polar surface area (TPSA) is 21.6 Å². The maximum atomic E-state index is 12.3. The highest BCUT2D eigenvalue weighted by Gasteiger charge is 2.74. The van der Waals surface area contributed by atoms with Crippen LogP contribution in [0.1, 0.15) is 0 Å². The Morgan fingerprint density at radius 1 is 0.667 bits per heavy atom. The highest BCUT2D eigenvalue weighted by atomic mass is 19.4. The number of halogens is 13. The molecule has 0 amide bonds. The molecule has 0 aromatic heterocycles. The molecule has 0 saturated carbocycles. The lowest BCUT2D eigenvalue weighted by Crippen LogP contribution is -2.51. The molecule has 0 aromatic rings. The molecule has 0 atom stereocenters. The molecule has 0 aliphatic rings. The summed E-state index contributed by atoms with van der Waals surface area (Å²) in [6.45, 7) is 0. The molecule has 2 nitrogen and oxygen atoms in total. The Morgan fingerprint density at radius 2 is 1.05 bits per heavy atom. The summed E-state index contributed by atoms with van der Waals surface area (Å²) in [5.41, 5.74) is 0. The van der Waals surface area contributed by atoms with Gasteiger partial charge in [0.15, 0.2) is 0 Å². The van der Waals surface area contributed by atoms with Gasteiger partial charge in [0.2, 0.25) is 0 Å². The number of rotatable bonds is 3. The molecule has 0 aromatic carbocycles. The van der Waals surface area contributed by atoms with E-state index in [1.54, 1.807) is 0 Å². The van der Waals surface area contributed by atoms with Crippen LogP contribution in [-0.2, 0) is 4.74 Å². The van der Waals surface area contributed by atoms with E-state index in [4.69, 9.17) is 0 Å². The Morgan fingerprint density at radius 3 is 1.33 bits per heavy atom. The number of ether oxygens (including phenoxy) is 1. The summed E-state index contributed by atoms with van der Waals surface area (Å²) >= 11 is 0. The molecule has 0 rings (SSSR count). The van der Waals surface area contributed by atoms with E-state index in [9.17, 15) is 57.1 Å². The van der Waals surface area contributed by atoms with Crippen molar-refractivity contribution in [3.63, 3.8) is 0 Å². The third-order valence-corrected chi connectivity index (χ3v) is 1.50. The zero-order valence-corrected chi connectivity index (χ0v) is 8.77. The first-order valence-electron chi connectivity index (χ1n) is 4.06. The second kappa shape index (κ2) is 5.08. The average Bonchev–Trinajstić information content (AvgIpc) is 2.10.